The Morgan fingerprint density at radius 1 is 1.08 bits per heavy atom. The molecule has 2 aliphatic rings. The Bertz CT molecular complexity index is 1530. The fourth-order valence-corrected chi connectivity index (χ4v) is 6.48. The van der Waals surface area contributed by atoms with Crippen LogP contribution in [0.1, 0.15) is 62.5 Å². The molecule has 5 rings (SSSR count). The van der Waals surface area contributed by atoms with E-state index in [0.29, 0.717) is 23.6 Å². The van der Waals surface area contributed by atoms with E-state index in [1.165, 1.54) is 6.07 Å². The van der Waals surface area contributed by atoms with Crippen LogP contribution in [-0.2, 0) is 26.7 Å². The molecule has 1 saturated carbocycles. The van der Waals surface area contributed by atoms with Gasteiger partial charge in [-0.3, -0.25) is 4.90 Å². The number of ether oxygens (including phenoxy) is 1. The standard InChI is InChI=1S/C30H34N2O6S/c1-29(2,3)32(28(33)34)30(16-9-17-30)21-12-14-22(15-13-21)31-19-24-23(18-25(38-24)39(5,35)36)27(37-4)26(31)20-10-7-6-8-11-20/h6-8,10-15,18H,9,16-17,19H2,1-5H3,(H,33,34). The number of furan rings is 1. The number of benzene rings is 2. The fourth-order valence-electron chi connectivity index (χ4n) is 5.90. The molecule has 1 N–H and O–H groups in total. The highest BCUT2D eigenvalue weighted by Gasteiger charge is 2.50. The van der Waals surface area contributed by atoms with E-state index >= 15 is 0 Å². The number of carboxylic acid groups (broad SMARTS) is 1. The minimum absolute atomic E-state index is 0.102. The van der Waals surface area contributed by atoms with Gasteiger partial charge < -0.3 is 19.2 Å². The van der Waals surface area contributed by atoms with Crippen LogP contribution in [0.3, 0.4) is 0 Å². The first-order valence-corrected chi connectivity index (χ1v) is 14.8. The van der Waals surface area contributed by atoms with Gasteiger partial charge >= 0.3 is 6.09 Å². The van der Waals surface area contributed by atoms with Crippen molar-refractivity contribution in [2.45, 2.75) is 62.7 Å². The molecule has 39 heavy (non-hydrogen) atoms. The Labute approximate surface area is 229 Å². The molecule has 1 aliphatic heterocycles. The second-order valence-corrected chi connectivity index (χ2v) is 13.2. The van der Waals surface area contributed by atoms with Gasteiger partial charge in [0, 0.05) is 29.1 Å². The van der Waals surface area contributed by atoms with E-state index < -0.39 is 27.0 Å². The lowest BCUT2D eigenvalue weighted by molar-refractivity contribution is -0.0328. The molecule has 0 bridgehead atoms. The molecular weight excluding hydrogens is 516 g/mol. The number of rotatable bonds is 6. The summed E-state index contributed by atoms with van der Waals surface area (Å²) in [6.07, 6.45) is 2.71. The van der Waals surface area contributed by atoms with Gasteiger partial charge in [-0.05, 0) is 57.7 Å². The van der Waals surface area contributed by atoms with Crippen molar-refractivity contribution in [3.05, 3.63) is 83.1 Å². The van der Waals surface area contributed by atoms with Crippen LogP contribution < -0.4 is 4.90 Å². The normalized spacial score (nSPS) is 16.9. The maximum absolute atomic E-state index is 12.4. The van der Waals surface area contributed by atoms with E-state index in [0.717, 1.165) is 48.0 Å². The quantitative estimate of drug-likeness (QED) is 0.383. The third-order valence-corrected chi connectivity index (χ3v) is 8.55. The summed E-state index contributed by atoms with van der Waals surface area (Å²) in [7, 11) is -1.99. The second kappa shape index (κ2) is 9.48. The smallest absolute Gasteiger partial charge is 0.408 e. The molecule has 9 heteroatoms. The van der Waals surface area contributed by atoms with Crippen LogP contribution in [0.2, 0.25) is 0 Å². The molecule has 0 radical (unpaired) electrons. The number of anilines is 1. The number of carbonyl (C=O) groups is 1. The van der Waals surface area contributed by atoms with Gasteiger partial charge in [0.05, 0.1) is 30.5 Å². The summed E-state index contributed by atoms with van der Waals surface area (Å²) in [5.74, 6) is 1.02. The lowest BCUT2D eigenvalue weighted by atomic mass is 9.69. The molecule has 1 amide bonds. The van der Waals surface area contributed by atoms with Crippen molar-refractivity contribution >= 4 is 33.1 Å². The van der Waals surface area contributed by atoms with Gasteiger partial charge in [0.15, 0.2) is 5.76 Å². The average molecular weight is 551 g/mol. The van der Waals surface area contributed by atoms with Crippen molar-refractivity contribution in [3.63, 3.8) is 0 Å². The summed E-state index contributed by atoms with van der Waals surface area (Å²) in [5, 5.41) is 10.0. The maximum atomic E-state index is 12.4. The first-order valence-electron chi connectivity index (χ1n) is 12.9. The van der Waals surface area contributed by atoms with Crippen molar-refractivity contribution in [1.82, 2.24) is 4.90 Å². The van der Waals surface area contributed by atoms with Gasteiger partial charge in [0.2, 0.25) is 14.9 Å². The Morgan fingerprint density at radius 2 is 1.72 bits per heavy atom. The lowest BCUT2D eigenvalue weighted by Gasteiger charge is -2.54. The van der Waals surface area contributed by atoms with E-state index in [4.69, 9.17) is 9.15 Å². The second-order valence-electron chi connectivity index (χ2n) is 11.2. The van der Waals surface area contributed by atoms with Crippen LogP contribution in [-0.4, -0.2) is 43.4 Å². The topological polar surface area (TPSA) is 100 Å². The highest BCUT2D eigenvalue weighted by molar-refractivity contribution is 7.90. The zero-order valence-corrected chi connectivity index (χ0v) is 23.7. The predicted molar refractivity (Wildman–Crippen MR) is 150 cm³/mol. The highest BCUT2D eigenvalue weighted by atomic mass is 32.2. The molecule has 206 valence electrons. The van der Waals surface area contributed by atoms with Crippen LogP contribution in [0, 0.1) is 0 Å². The van der Waals surface area contributed by atoms with Crippen molar-refractivity contribution in [1.29, 1.82) is 0 Å². The molecule has 0 unspecified atom stereocenters. The van der Waals surface area contributed by atoms with Crippen LogP contribution in [0.4, 0.5) is 10.5 Å². The predicted octanol–water partition coefficient (Wildman–Crippen LogP) is 6.33. The summed E-state index contributed by atoms with van der Waals surface area (Å²) < 4.78 is 36.3. The average Bonchev–Trinajstić information content (AvgIpc) is 3.29. The van der Waals surface area contributed by atoms with Crippen LogP contribution >= 0.6 is 0 Å². The third kappa shape index (κ3) is 4.58. The first kappa shape index (κ1) is 26.9. The molecule has 8 nitrogen and oxygen atoms in total. The Morgan fingerprint density at radius 3 is 2.21 bits per heavy atom. The van der Waals surface area contributed by atoms with Gasteiger partial charge in [-0.1, -0.05) is 42.5 Å². The molecular formula is C30H34N2O6S. The molecule has 0 saturated heterocycles. The zero-order valence-electron chi connectivity index (χ0n) is 22.9. The minimum atomic E-state index is -3.55. The zero-order chi connectivity index (χ0) is 28.2. The molecule has 1 fully saturated rings. The van der Waals surface area contributed by atoms with E-state index in [9.17, 15) is 18.3 Å². The molecule has 1 aliphatic carbocycles. The van der Waals surface area contributed by atoms with Crippen molar-refractivity contribution < 1.29 is 27.5 Å². The van der Waals surface area contributed by atoms with Gasteiger partial charge in [0.25, 0.3) is 0 Å². The largest absolute Gasteiger partial charge is 0.494 e. The third-order valence-electron chi connectivity index (χ3n) is 7.62. The van der Waals surface area contributed by atoms with E-state index in [1.807, 2.05) is 80.3 Å². The number of sulfone groups is 1. The van der Waals surface area contributed by atoms with Crippen LogP contribution in [0.15, 0.2) is 70.2 Å². The molecule has 3 aromatic rings. The number of amides is 1. The highest BCUT2D eigenvalue weighted by Crippen LogP contribution is 2.50. The van der Waals surface area contributed by atoms with Gasteiger partial charge in [-0.25, -0.2) is 13.2 Å². The van der Waals surface area contributed by atoms with E-state index in [2.05, 4.69) is 0 Å². The van der Waals surface area contributed by atoms with Crippen molar-refractivity contribution in [3.8, 4) is 0 Å². The lowest BCUT2D eigenvalue weighted by Crippen LogP contribution is -2.60. The van der Waals surface area contributed by atoms with Gasteiger partial charge in [-0.15, -0.1) is 0 Å². The summed E-state index contributed by atoms with van der Waals surface area (Å²) >= 11 is 0. The number of hydrogen-bond acceptors (Lipinski definition) is 6. The Balaban J connectivity index is 1.61. The molecule has 2 aromatic carbocycles. The molecule has 2 heterocycles. The molecule has 1 aromatic heterocycles. The maximum Gasteiger partial charge on any atom is 0.408 e. The number of hydrogen-bond donors (Lipinski definition) is 1. The van der Waals surface area contributed by atoms with Gasteiger partial charge in [-0.2, -0.15) is 0 Å². The summed E-state index contributed by atoms with van der Waals surface area (Å²) in [4.78, 5) is 16.0. The summed E-state index contributed by atoms with van der Waals surface area (Å²) in [5.41, 5.74) is 3.00. The SMILES string of the molecule is COC1=C(c2ccccc2)N(c2ccc(C3(N(C(=O)O)C(C)(C)C)CCC3)cc2)Cc2oc(S(C)(=O)=O)cc21. The monoisotopic (exact) mass is 550 g/mol. The number of methoxy groups -OCH3 is 1. The van der Waals surface area contributed by atoms with Crippen molar-refractivity contribution in [2.75, 3.05) is 18.3 Å². The number of fused-ring (bicyclic) bond motifs is 1. The van der Waals surface area contributed by atoms with E-state index in [-0.39, 0.29) is 5.09 Å². The Kier molecular flexibility index (Phi) is 6.53. The van der Waals surface area contributed by atoms with Crippen LogP contribution in [0.5, 0.6) is 0 Å². The Hall–Kier alpha value is -3.72. The fraction of sp³-hybridized carbons (Fsp3) is 0.367. The summed E-state index contributed by atoms with van der Waals surface area (Å²) in [6, 6.07) is 19.3. The molecule has 0 atom stereocenters. The summed E-state index contributed by atoms with van der Waals surface area (Å²) in [6.45, 7) is 6.09. The first-order chi connectivity index (χ1) is 18.4. The minimum Gasteiger partial charge on any atom is -0.494 e. The van der Waals surface area contributed by atoms with Crippen LogP contribution in [0.25, 0.3) is 11.5 Å². The van der Waals surface area contributed by atoms with Gasteiger partial charge in [0.1, 0.15) is 5.76 Å². The molecule has 0 spiro atoms. The number of nitrogens with zero attached hydrogens (tertiary/aromatic N) is 2. The van der Waals surface area contributed by atoms with Crippen molar-refractivity contribution in [2.24, 2.45) is 0 Å². The van der Waals surface area contributed by atoms with E-state index in [1.54, 1.807) is 12.0 Å².